The summed E-state index contributed by atoms with van der Waals surface area (Å²) in [4.78, 5) is 0. The van der Waals surface area contributed by atoms with Crippen molar-refractivity contribution in [2.75, 3.05) is 11.5 Å². The Morgan fingerprint density at radius 2 is 1.11 bits per heavy atom. The summed E-state index contributed by atoms with van der Waals surface area (Å²) < 4.78 is 0. The van der Waals surface area contributed by atoms with Crippen LogP contribution in [0.15, 0.2) is 36.4 Å². The second kappa shape index (κ2) is 5.34. The van der Waals surface area contributed by atoms with Crippen LogP contribution in [0.4, 0.5) is 11.4 Å². The Balaban J connectivity index is 2.30. The molecule has 0 spiro atoms. The van der Waals surface area contributed by atoms with Crippen molar-refractivity contribution in [2.45, 2.75) is 0 Å². The lowest BCUT2D eigenvalue weighted by molar-refractivity contribution is 1.63. The second-order valence-electron chi connectivity index (χ2n) is 3.90. The molecule has 2 aromatic rings. The standard InChI is InChI=1S/C14H12Cl2N2/c15-13-7-11(17)5-3-9(13)1-2-10-4-6-12(18)8-14(10)16/h1-8H,17-18H2. The topological polar surface area (TPSA) is 52.0 Å². The van der Waals surface area contributed by atoms with Crippen molar-refractivity contribution in [1.29, 1.82) is 0 Å². The Kier molecular flexibility index (Phi) is 3.80. The Hall–Kier alpha value is -1.64. The molecule has 2 nitrogen and oxygen atoms in total. The molecule has 0 aliphatic heterocycles. The zero-order valence-electron chi connectivity index (χ0n) is 9.53. The van der Waals surface area contributed by atoms with Crippen molar-refractivity contribution in [3.8, 4) is 0 Å². The smallest absolute Gasteiger partial charge is 0.0498 e. The van der Waals surface area contributed by atoms with Gasteiger partial charge in [0.1, 0.15) is 0 Å². The number of benzene rings is 2. The molecule has 0 unspecified atom stereocenters. The van der Waals surface area contributed by atoms with Crippen LogP contribution >= 0.6 is 23.2 Å². The summed E-state index contributed by atoms with van der Waals surface area (Å²) in [5.74, 6) is 0. The van der Waals surface area contributed by atoms with Crippen molar-refractivity contribution in [1.82, 2.24) is 0 Å². The lowest BCUT2D eigenvalue weighted by atomic mass is 10.1. The second-order valence-corrected chi connectivity index (χ2v) is 4.71. The number of nitrogens with two attached hydrogens (primary N) is 2. The highest BCUT2D eigenvalue weighted by Crippen LogP contribution is 2.24. The van der Waals surface area contributed by atoms with E-state index in [9.17, 15) is 0 Å². The molecule has 0 saturated heterocycles. The van der Waals surface area contributed by atoms with Crippen LogP contribution in [0.25, 0.3) is 12.2 Å². The molecule has 0 heterocycles. The van der Waals surface area contributed by atoms with E-state index in [1.807, 2.05) is 24.3 Å². The summed E-state index contributed by atoms with van der Waals surface area (Å²) in [5.41, 5.74) is 14.3. The van der Waals surface area contributed by atoms with Gasteiger partial charge in [-0.3, -0.25) is 0 Å². The average Bonchev–Trinajstić information content (AvgIpc) is 2.30. The highest BCUT2D eigenvalue weighted by molar-refractivity contribution is 6.33. The quantitative estimate of drug-likeness (QED) is 0.635. The fraction of sp³-hybridized carbons (Fsp3) is 0. The van der Waals surface area contributed by atoms with E-state index in [2.05, 4.69) is 0 Å². The molecule has 2 rings (SSSR count). The van der Waals surface area contributed by atoms with E-state index >= 15 is 0 Å². The van der Waals surface area contributed by atoms with E-state index in [1.165, 1.54) is 0 Å². The monoisotopic (exact) mass is 278 g/mol. The predicted molar refractivity (Wildman–Crippen MR) is 80.7 cm³/mol. The molecule has 18 heavy (non-hydrogen) atoms. The molecule has 4 N–H and O–H groups in total. The van der Waals surface area contributed by atoms with Gasteiger partial charge < -0.3 is 11.5 Å². The Morgan fingerprint density at radius 1 is 0.722 bits per heavy atom. The fourth-order valence-corrected chi connectivity index (χ4v) is 2.04. The molecule has 4 heteroatoms. The minimum absolute atomic E-state index is 0.609. The number of hydrogen-bond acceptors (Lipinski definition) is 2. The van der Waals surface area contributed by atoms with Crippen molar-refractivity contribution in [2.24, 2.45) is 0 Å². The summed E-state index contributed by atoms with van der Waals surface area (Å²) in [6.45, 7) is 0. The first-order valence-electron chi connectivity index (χ1n) is 5.34. The molecule has 0 aromatic heterocycles. The summed E-state index contributed by atoms with van der Waals surface area (Å²) >= 11 is 12.2. The van der Waals surface area contributed by atoms with Crippen LogP contribution in [0.3, 0.4) is 0 Å². The maximum atomic E-state index is 6.08. The van der Waals surface area contributed by atoms with E-state index in [1.54, 1.807) is 24.3 Å². The van der Waals surface area contributed by atoms with Gasteiger partial charge in [-0.2, -0.15) is 0 Å². The highest BCUT2D eigenvalue weighted by atomic mass is 35.5. The molecule has 0 radical (unpaired) electrons. The van der Waals surface area contributed by atoms with Gasteiger partial charge in [0.2, 0.25) is 0 Å². The average molecular weight is 279 g/mol. The minimum atomic E-state index is 0.609. The minimum Gasteiger partial charge on any atom is -0.399 e. The molecule has 0 fully saturated rings. The molecule has 0 amide bonds. The normalized spacial score (nSPS) is 11.0. The van der Waals surface area contributed by atoms with E-state index in [0.29, 0.717) is 21.4 Å². The van der Waals surface area contributed by atoms with Gasteiger partial charge in [-0.15, -0.1) is 0 Å². The maximum absolute atomic E-state index is 6.08. The van der Waals surface area contributed by atoms with Crippen LogP contribution in [0.2, 0.25) is 10.0 Å². The maximum Gasteiger partial charge on any atom is 0.0498 e. The van der Waals surface area contributed by atoms with Gasteiger partial charge in [0.15, 0.2) is 0 Å². The van der Waals surface area contributed by atoms with E-state index in [-0.39, 0.29) is 0 Å². The Labute approximate surface area is 116 Å². The van der Waals surface area contributed by atoms with Gasteiger partial charge >= 0.3 is 0 Å². The zero-order valence-corrected chi connectivity index (χ0v) is 11.0. The summed E-state index contributed by atoms with van der Waals surface area (Å²) in [6.07, 6.45) is 3.78. The molecule has 0 saturated carbocycles. The first-order chi connectivity index (χ1) is 8.56. The van der Waals surface area contributed by atoms with Crippen LogP contribution in [0, 0.1) is 0 Å². The Morgan fingerprint density at radius 3 is 1.44 bits per heavy atom. The summed E-state index contributed by atoms with van der Waals surface area (Å²) in [6, 6.07) is 10.8. The Bertz CT molecular complexity index is 553. The van der Waals surface area contributed by atoms with Gasteiger partial charge in [-0.1, -0.05) is 47.5 Å². The third-order valence-electron chi connectivity index (χ3n) is 2.49. The molecule has 0 bridgehead atoms. The summed E-state index contributed by atoms with van der Waals surface area (Å²) in [7, 11) is 0. The van der Waals surface area contributed by atoms with Crippen molar-refractivity contribution in [3.63, 3.8) is 0 Å². The number of rotatable bonds is 2. The van der Waals surface area contributed by atoms with Gasteiger partial charge in [-0.25, -0.2) is 0 Å². The van der Waals surface area contributed by atoms with Crippen molar-refractivity contribution < 1.29 is 0 Å². The third-order valence-corrected chi connectivity index (χ3v) is 3.15. The van der Waals surface area contributed by atoms with Crippen LogP contribution in [0.5, 0.6) is 0 Å². The molecular formula is C14H12Cl2N2. The van der Waals surface area contributed by atoms with Crippen LogP contribution in [-0.4, -0.2) is 0 Å². The van der Waals surface area contributed by atoms with Crippen LogP contribution in [-0.2, 0) is 0 Å². The molecule has 2 aromatic carbocycles. The first-order valence-corrected chi connectivity index (χ1v) is 6.10. The first kappa shape index (κ1) is 12.8. The number of anilines is 2. The number of halogens is 2. The highest BCUT2D eigenvalue weighted by Gasteiger charge is 1.99. The number of hydrogen-bond donors (Lipinski definition) is 2. The van der Waals surface area contributed by atoms with Gasteiger partial charge in [0.25, 0.3) is 0 Å². The zero-order chi connectivity index (χ0) is 13.1. The van der Waals surface area contributed by atoms with Gasteiger partial charge in [-0.05, 0) is 35.4 Å². The molecule has 0 atom stereocenters. The summed E-state index contributed by atoms with van der Waals surface area (Å²) in [5, 5.41) is 1.22. The van der Waals surface area contributed by atoms with Crippen molar-refractivity contribution in [3.05, 3.63) is 57.6 Å². The van der Waals surface area contributed by atoms with Crippen LogP contribution < -0.4 is 11.5 Å². The number of nitrogen functional groups attached to an aromatic ring is 2. The molecule has 0 aliphatic rings. The fourth-order valence-electron chi connectivity index (χ4n) is 1.54. The van der Waals surface area contributed by atoms with E-state index in [0.717, 1.165) is 11.1 Å². The van der Waals surface area contributed by atoms with Gasteiger partial charge in [0, 0.05) is 21.4 Å². The largest absolute Gasteiger partial charge is 0.399 e. The van der Waals surface area contributed by atoms with Crippen molar-refractivity contribution >= 4 is 46.7 Å². The van der Waals surface area contributed by atoms with Crippen LogP contribution in [0.1, 0.15) is 11.1 Å². The predicted octanol–water partition coefficient (Wildman–Crippen LogP) is 4.33. The van der Waals surface area contributed by atoms with Gasteiger partial charge in [0.05, 0.1) is 0 Å². The lowest BCUT2D eigenvalue weighted by Gasteiger charge is -2.02. The van der Waals surface area contributed by atoms with E-state index < -0.39 is 0 Å². The SMILES string of the molecule is Nc1ccc(C=Cc2ccc(N)cc2Cl)c(Cl)c1. The lowest BCUT2D eigenvalue weighted by Crippen LogP contribution is -1.86. The third kappa shape index (κ3) is 2.97. The molecule has 92 valence electrons. The molecular weight excluding hydrogens is 267 g/mol. The molecule has 0 aliphatic carbocycles. The van der Waals surface area contributed by atoms with E-state index in [4.69, 9.17) is 34.7 Å².